The van der Waals surface area contributed by atoms with E-state index in [0.29, 0.717) is 28.1 Å². The summed E-state index contributed by atoms with van der Waals surface area (Å²) in [5.74, 6) is 0.424. The maximum atomic E-state index is 12.0. The topological polar surface area (TPSA) is 82.8 Å². The molecule has 0 aliphatic carbocycles. The minimum atomic E-state index is -1.16. The van der Waals surface area contributed by atoms with Crippen molar-refractivity contribution in [2.24, 2.45) is 0 Å². The Labute approximate surface area is 109 Å². The van der Waals surface area contributed by atoms with Gasteiger partial charge in [0.05, 0.1) is 11.1 Å². The van der Waals surface area contributed by atoms with E-state index in [9.17, 15) is 9.59 Å². The number of carboxylic acid groups (broad SMARTS) is 1. The van der Waals surface area contributed by atoms with Crippen LogP contribution in [0.3, 0.4) is 0 Å². The predicted molar refractivity (Wildman–Crippen MR) is 73.2 cm³/mol. The maximum Gasteiger partial charge on any atom is 0.409 e. The van der Waals surface area contributed by atoms with Gasteiger partial charge in [-0.15, -0.1) is 0 Å². The van der Waals surface area contributed by atoms with Crippen LogP contribution in [0.4, 0.5) is 16.4 Å². The Bertz CT molecular complexity index is 704. The first-order chi connectivity index (χ1) is 8.90. The van der Waals surface area contributed by atoms with E-state index in [0.717, 1.165) is 0 Å². The van der Waals surface area contributed by atoms with Crippen LogP contribution in [-0.2, 0) is 0 Å². The van der Waals surface area contributed by atoms with Gasteiger partial charge in [-0.2, -0.15) is 0 Å². The second kappa shape index (κ2) is 4.64. The summed E-state index contributed by atoms with van der Waals surface area (Å²) >= 11 is 0. The van der Waals surface area contributed by atoms with Crippen molar-refractivity contribution in [2.75, 3.05) is 24.3 Å². The molecule has 1 aromatic carbocycles. The Morgan fingerprint density at radius 3 is 2.63 bits per heavy atom. The summed E-state index contributed by atoms with van der Waals surface area (Å²) in [6.45, 7) is 1.70. The summed E-state index contributed by atoms with van der Waals surface area (Å²) < 4.78 is 5.65. The highest BCUT2D eigenvalue weighted by Gasteiger charge is 2.12. The van der Waals surface area contributed by atoms with Crippen molar-refractivity contribution in [3.05, 3.63) is 34.0 Å². The number of anilines is 2. The van der Waals surface area contributed by atoms with Gasteiger partial charge in [0.25, 0.3) is 0 Å². The number of nitrogens with zero attached hydrogens (tertiary/aromatic N) is 1. The van der Waals surface area contributed by atoms with E-state index >= 15 is 0 Å². The Hall–Kier alpha value is -2.50. The van der Waals surface area contributed by atoms with Crippen LogP contribution in [0.5, 0.6) is 0 Å². The normalized spacial score (nSPS) is 10.5. The largest absolute Gasteiger partial charge is 0.465 e. The monoisotopic (exact) mass is 262 g/mol. The first-order valence-corrected chi connectivity index (χ1v) is 5.65. The quantitative estimate of drug-likeness (QED) is 0.867. The number of nitrogens with one attached hydrogen (secondary N) is 1. The number of benzene rings is 1. The van der Waals surface area contributed by atoms with Crippen molar-refractivity contribution in [2.45, 2.75) is 6.92 Å². The average molecular weight is 262 g/mol. The molecule has 2 N–H and O–H groups in total. The van der Waals surface area contributed by atoms with Gasteiger partial charge in [0.1, 0.15) is 5.58 Å². The number of hydrogen-bond donors (Lipinski definition) is 2. The van der Waals surface area contributed by atoms with Gasteiger partial charge in [-0.25, -0.2) is 4.79 Å². The second-order valence-electron chi connectivity index (χ2n) is 4.39. The number of carbonyl (C=O) groups is 1. The molecule has 0 aliphatic heterocycles. The predicted octanol–water partition coefficient (Wildman–Crippen LogP) is 2.26. The maximum absolute atomic E-state index is 12.0. The molecule has 0 unspecified atom stereocenters. The lowest BCUT2D eigenvalue weighted by molar-refractivity contribution is 0.209. The molecule has 6 nitrogen and oxygen atoms in total. The van der Waals surface area contributed by atoms with E-state index in [-0.39, 0.29) is 5.43 Å². The molecule has 0 saturated carbocycles. The molecule has 1 aromatic heterocycles. The number of amides is 1. The van der Waals surface area contributed by atoms with Crippen LogP contribution in [0.1, 0.15) is 5.56 Å². The van der Waals surface area contributed by atoms with Crippen molar-refractivity contribution >= 4 is 28.6 Å². The minimum absolute atomic E-state index is 0.157. The summed E-state index contributed by atoms with van der Waals surface area (Å²) in [5, 5.41) is 11.5. The molecular formula is C13H14N2O4. The number of fused-ring (bicyclic) bond motifs is 1. The lowest BCUT2D eigenvalue weighted by Crippen LogP contribution is -2.13. The second-order valence-corrected chi connectivity index (χ2v) is 4.39. The Kier molecular flexibility index (Phi) is 3.16. The van der Waals surface area contributed by atoms with E-state index in [1.54, 1.807) is 38.1 Å². The molecule has 0 fully saturated rings. The molecule has 0 aliphatic rings. The summed E-state index contributed by atoms with van der Waals surface area (Å²) in [6, 6.07) is 4.52. The minimum Gasteiger partial charge on any atom is -0.465 e. The van der Waals surface area contributed by atoms with Gasteiger partial charge in [-0.05, 0) is 19.1 Å². The average Bonchev–Trinajstić information content (AvgIpc) is 2.32. The standard InChI is InChI=1S/C13H14N2O4/c1-7-9(14-13(17)18)5-4-8-10(16)6-11(15(2)3)19-12(7)8/h4-6,14H,1-3H3,(H,17,18). The van der Waals surface area contributed by atoms with E-state index in [4.69, 9.17) is 9.52 Å². The van der Waals surface area contributed by atoms with Gasteiger partial charge in [-0.1, -0.05) is 0 Å². The Morgan fingerprint density at radius 2 is 2.05 bits per heavy atom. The third kappa shape index (κ3) is 2.37. The molecule has 19 heavy (non-hydrogen) atoms. The molecule has 0 radical (unpaired) electrons. The highest BCUT2D eigenvalue weighted by molar-refractivity contribution is 5.91. The summed E-state index contributed by atoms with van der Waals surface area (Å²) in [7, 11) is 3.53. The highest BCUT2D eigenvalue weighted by Crippen LogP contribution is 2.26. The van der Waals surface area contributed by atoms with Crippen molar-refractivity contribution in [1.29, 1.82) is 0 Å². The fourth-order valence-electron chi connectivity index (χ4n) is 1.81. The Morgan fingerprint density at radius 1 is 1.37 bits per heavy atom. The molecule has 100 valence electrons. The zero-order valence-electron chi connectivity index (χ0n) is 10.9. The van der Waals surface area contributed by atoms with Crippen LogP contribution in [-0.4, -0.2) is 25.3 Å². The fourth-order valence-corrected chi connectivity index (χ4v) is 1.81. The lowest BCUT2D eigenvalue weighted by Gasteiger charge is -2.13. The first kappa shape index (κ1) is 12.9. The van der Waals surface area contributed by atoms with Gasteiger partial charge in [0, 0.05) is 25.7 Å². The van der Waals surface area contributed by atoms with Crippen molar-refractivity contribution in [3.63, 3.8) is 0 Å². The van der Waals surface area contributed by atoms with Crippen molar-refractivity contribution < 1.29 is 14.3 Å². The third-order valence-corrected chi connectivity index (χ3v) is 2.81. The lowest BCUT2D eigenvalue weighted by atomic mass is 10.1. The van der Waals surface area contributed by atoms with Crippen LogP contribution in [0.2, 0.25) is 0 Å². The van der Waals surface area contributed by atoms with E-state index < -0.39 is 6.09 Å². The van der Waals surface area contributed by atoms with Crippen LogP contribution in [0.25, 0.3) is 11.0 Å². The van der Waals surface area contributed by atoms with Crippen molar-refractivity contribution in [3.8, 4) is 0 Å². The van der Waals surface area contributed by atoms with Gasteiger partial charge in [0.15, 0.2) is 11.3 Å². The van der Waals surface area contributed by atoms with Gasteiger partial charge >= 0.3 is 6.09 Å². The molecule has 0 bridgehead atoms. The molecule has 1 heterocycles. The zero-order valence-corrected chi connectivity index (χ0v) is 10.9. The molecule has 0 spiro atoms. The van der Waals surface area contributed by atoms with Crippen LogP contribution in [0, 0.1) is 6.92 Å². The zero-order chi connectivity index (χ0) is 14.2. The molecule has 1 amide bonds. The van der Waals surface area contributed by atoms with E-state index in [2.05, 4.69) is 5.32 Å². The van der Waals surface area contributed by atoms with Crippen LogP contribution >= 0.6 is 0 Å². The number of aryl methyl sites for hydroxylation is 1. The summed E-state index contributed by atoms with van der Waals surface area (Å²) in [6.07, 6.45) is -1.16. The first-order valence-electron chi connectivity index (χ1n) is 5.65. The molecule has 0 atom stereocenters. The summed E-state index contributed by atoms with van der Waals surface area (Å²) in [4.78, 5) is 24.3. The summed E-state index contributed by atoms with van der Waals surface area (Å²) in [5.41, 5.74) is 1.22. The molecule has 2 rings (SSSR count). The van der Waals surface area contributed by atoms with E-state index in [1.807, 2.05) is 0 Å². The van der Waals surface area contributed by atoms with Crippen LogP contribution in [0.15, 0.2) is 27.4 Å². The van der Waals surface area contributed by atoms with Crippen molar-refractivity contribution in [1.82, 2.24) is 0 Å². The number of hydrogen-bond acceptors (Lipinski definition) is 4. The molecule has 0 saturated heterocycles. The van der Waals surface area contributed by atoms with Crippen LogP contribution < -0.4 is 15.6 Å². The Balaban J connectivity index is 2.73. The van der Waals surface area contributed by atoms with Gasteiger partial charge in [-0.3, -0.25) is 10.1 Å². The SMILES string of the molecule is Cc1c(NC(=O)O)ccc2c(=O)cc(N(C)C)oc12. The molecule has 6 heteroatoms. The molecular weight excluding hydrogens is 248 g/mol. The van der Waals surface area contributed by atoms with Gasteiger partial charge < -0.3 is 14.4 Å². The van der Waals surface area contributed by atoms with Gasteiger partial charge in [0.2, 0.25) is 0 Å². The fraction of sp³-hybridized carbons (Fsp3) is 0.231. The van der Waals surface area contributed by atoms with E-state index in [1.165, 1.54) is 6.07 Å². The third-order valence-electron chi connectivity index (χ3n) is 2.81. The highest BCUT2D eigenvalue weighted by atomic mass is 16.4. The number of rotatable bonds is 2. The molecule has 2 aromatic rings. The smallest absolute Gasteiger partial charge is 0.409 e.